The summed E-state index contributed by atoms with van der Waals surface area (Å²) in [7, 11) is 5.54. The van der Waals surface area contributed by atoms with Gasteiger partial charge in [0, 0.05) is 45.5 Å². The molecule has 1 atom stereocenters. The number of para-hydroxylation sites is 1. The first kappa shape index (κ1) is 24.7. The molecular formula is C24H36IN5O2. The van der Waals surface area contributed by atoms with Crippen LogP contribution in [0, 0.1) is 5.92 Å². The Labute approximate surface area is 208 Å². The molecule has 2 fully saturated rings. The fourth-order valence-electron chi connectivity index (χ4n) is 4.78. The molecule has 7 nitrogen and oxygen atoms in total. The maximum absolute atomic E-state index is 6.38. The molecule has 1 unspecified atom stereocenters. The predicted molar refractivity (Wildman–Crippen MR) is 138 cm³/mol. The van der Waals surface area contributed by atoms with Crippen molar-refractivity contribution in [1.29, 1.82) is 0 Å². The van der Waals surface area contributed by atoms with Crippen LogP contribution < -0.4 is 14.8 Å². The van der Waals surface area contributed by atoms with Crippen molar-refractivity contribution in [2.45, 2.75) is 51.2 Å². The number of likely N-dealkylation sites (tertiary alicyclic amines) is 1. The van der Waals surface area contributed by atoms with E-state index >= 15 is 0 Å². The molecule has 1 N–H and O–H groups in total. The van der Waals surface area contributed by atoms with E-state index in [0.717, 1.165) is 55.4 Å². The van der Waals surface area contributed by atoms with Gasteiger partial charge in [-0.3, -0.25) is 9.67 Å². The number of benzene rings is 1. The third kappa shape index (κ3) is 6.08. The topological polar surface area (TPSA) is 63.9 Å². The Morgan fingerprint density at radius 2 is 2.06 bits per heavy atom. The summed E-state index contributed by atoms with van der Waals surface area (Å²) in [6, 6.07) is 6.12. The van der Waals surface area contributed by atoms with Crippen LogP contribution >= 0.6 is 24.0 Å². The van der Waals surface area contributed by atoms with E-state index in [1.807, 2.05) is 37.1 Å². The fourth-order valence-corrected chi connectivity index (χ4v) is 4.78. The number of aliphatic imine (C=N–C) groups is 1. The zero-order chi connectivity index (χ0) is 21.6. The lowest BCUT2D eigenvalue weighted by Crippen LogP contribution is -2.39. The van der Waals surface area contributed by atoms with Gasteiger partial charge in [-0.25, -0.2) is 0 Å². The summed E-state index contributed by atoms with van der Waals surface area (Å²) in [5.74, 6) is 3.25. The number of nitrogens with zero attached hydrogens (tertiary/aromatic N) is 4. The quantitative estimate of drug-likeness (QED) is 0.319. The second-order valence-corrected chi connectivity index (χ2v) is 8.70. The summed E-state index contributed by atoms with van der Waals surface area (Å²) < 4.78 is 13.9. The molecule has 2 aliphatic rings. The minimum Gasteiger partial charge on any atom is -0.493 e. The highest BCUT2D eigenvalue weighted by Crippen LogP contribution is 2.35. The SMILES string of the molecule is CN=C(NCc1cccc(OC)c1OC1CCCC1)N1CCC(Cc2cnn(C)c2)C1.I. The number of hydrogen-bond donors (Lipinski definition) is 1. The van der Waals surface area contributed by atoms with Gasteiger partial charge in [0.15, 0.2) is 17.5 Å². The lowest BCUT2D eigenvalue weighted by molar-refractivity contribution is 0.198. The van der Waals surface area contributed by atoms with E-state index in [1.54, 1.807) is 7.11 Å². The van der Waals surface area contributed by atoms with Gasteiger partial charge in [0.1, 0.15) is 0 Å². The zero-order valence-corrected chi connectivity index (χ0v) is 21.7. The highest BCUT2D eigenvalue weighted by molar-refractivity contribution is 14.0. The maximum Gasteiger partial charge on any atom is 0.193 e. The van der Waals surface area contributed by atoms with Crippen molar-refractivity contribution in [3.8, 4) is 11.5 Å². The van der Waals surface area contributed by atoms with Gasteiger partial charge in [-0.15, -0.1) is 24.0 Å². The van der Waals surface area contributed by atoms with Crippen LogP contribution in [0.1, 0.15) is 43.2 Å². The summed E-state index contributed by atoms with van der Waals surface area (Å²) in [6.45, 7) is 2.70. The summed E-state index contributed by atoms with van der Waals surface area (Å²) in [5, 5.41) is 7.85. The Hall–Kier alpha value is -1.97. The fraction of sp³-hybridized carbons (Fsp3) is 0.583. The number of ether oxygens (including phenoxy) is 2. The van der Waals surface area contributed by atoms with E-state index in [2.05, 4.69) is 32.6 Å². The molecule has 1 aliphatic carbocycles. The van der Waals surface area contributed by atoms with Crippen molar-refractivity contribution in [2.24, 2.45) is 18.0 Å². The monoisotopic (exact) mass is 553 g/mol. The van der Waals surface area contributed by atoms with Crippen LogP contribution in [0.4, 0.5) is 0 Å². The molecule has 2 aromatic rings. The van der Waals surface area contributed by atoms with Gasteiger partial charge in [-0.2, -0.15) is 5.10 Å². The van der Waals surface area contributed by atoms with Crippen molar-refractivity contribution >= 4 is 29.9 Å². The molecule has 32 heavy (non-hydrogen) atoms. The van der Waals surface area contributed by atoms with Gasteiger partial charge < -0.3 is 19.7 Å². The lowest BCUT2D eigenvalue weighted by Gasteiger charge is -2.23. The van der Waals surface area contributed by atoms with Crippen LogP contribution in [0.25, 0.3) is 0 Å². The van der Waals surface area contributed by atoms with E-state index < -0.39 is 0 Å². The van der Waals surface area contributed by atoms with E-state index in [4.69, 9.17) is 9.47 Å². The van der Waals surface area contributed by atoms with Gasteiger partial charge in [0.25, 0.3) is 0 Å². The van der Waals surface area contributed by atoms with E-state index in [9.17, 15) is 0 Å². The van der Waals surface area contributed by atoms with Crippen LogP contribution in [0.15, 0.2) is 35.6 Å². The van der Waals surface area contributed by atoms with Crippen LogP contribution in [0.3, 0.4) is 0 Å². The van der Waals surface area contributed by atoms with Crippen molar-refractivity contribution in [2.75, 3.05) is 27.2 Å². The molecule has 0 bridgehead atoms. The van der Waals surface area contributed by atoms with Crippen molar-refractivity contribution < 1.29 is 9.47 Å². The van der Waals surface area contributed by atoms with Gasteiger partial charge in [0.2, 0.25) is 0 Å². The van der Waals surface area contributed by atoms with E-state index in [-0.39, 0.29) is 24.0 Å². The minimum absolute atomic E-state index is 0. The Balaban J connectivity index is 0.00000289. The van der Waals surface area contributed by atoms with Crippen LogP contribution in [-0.2, 0) is 20.0 Å². The molecule has 2 heterocycles. The third-order valence-electron chi connectivity index (χ3n) is 6.38. The molecule has 0 spiro atoms. The Morgan fingerprint density at radius 3 is 2.75 bits per heavy atom. The number of aromatic nitrogens is 2. The standard InChI is InChI=1S/C24H35N5O2.HI/c1-25-24(29-12-11-18(17-29)13-19-14-27-28(2)16-19)26-15-20-7-6-10-22(30-3)23(20)31-21-8-4-5-9-21;/h6-7,10,14,16,18,21H,4-5,8-9,11-13,15,17H2,1-3H3,(H,25,26);1H. The number of aryl methyl sites for hydroxylation is 1. The van der Waals surface area contributed by atoms with E-state index in [1.165, 1.54) is 24.8 Å². The van der Waals surface area contributed by atoms with Crippen LogP contribution in [-0.4, -0.2) is 54.0 Å². The third-order valence-corrected chi connectivity index (χ3v) is 6.38. The average Bonchev–Trinajstić information content (AvgIpc) is 3.53. The first-order chi connectivity index (χ1) is 15.2. The molecule has 1 aromatic heterocycles. The molecule has 8 heteroatoms. The molecule has 0 radical (unpaired) electrons. The molecule has 1 saturated carbocycles. The molecular weight excluding hydrogens is 517 g/mol. The number of methoxy groups -OCH3 is 1. The van der Waals surface area contributed by atoms with Crippen LogP contribution in [0.2, 0.25) is 0 Å². The maximum atomic E-state index is 6.38. The van der Waals surface area contributed by atoms with Crippen molar-refractivity contribution in [1.82, 2.24) is 20.0 Å². The highest BCUT2D eigenvalue weighted by Gasteiger charge is 2.26. The molecule has 4 rings (SSSR count). The normalized spacial score (nSPS) is 19.2. The number of rotatable bonds is 7. The lowest BCUT2D eigenvalue weighted by atomic mass is 10.0. The predicted octanol–water partition coefficient (Wildman–Crippen LogP) is 4.01. The minimum atomic E-state index is 0. The van der Waals surface area contributed by atoms with Gasteiger partial charge in [-0.05, 0) is 56.1 Å². The Morgan fingerprint density at radius 1 is 1.25 bits per heavy atom. The summed E-state index contributed by atoms with van der Waals surface area (Å²) in [6.07, 6.45) is 11.4. The van der Waals surface area contributed by atoms with Crippen molar-refractivity contribution in [3.05, 3.63) is 41.7 Å². The number of nitrogens with one attached hydrogen (secondary N) is 1. The van der Waals surface area contributed by atoms with Crippen molar-refractivity contribution in [3.63, 3.8) is 0 Å². The molecule has 1 aliphatic heterocycles. The summed E-state index contributed by atoms with van der Waals surface area (Å²) in [4.78, 5) is 6.91. The smallest absolute Gasteiger partial charge is 0.193 e. The summed E-state index contributed by atoms with van der Waals surface area (Å²) >= 11 is 0. The molecule has 1 aromatic carbocycles. The molecule has 176 valence electrons. The zero-order valence-electron chi connectivity index (χ0n) is 19.4. The largest absolute Gasteiger partial charge is 0.493 e. The second-order valence-electron chi connectivity index (χ2n) is 8.70. The van der Waals surface area contributed by atoms with E-state index in [0.29, 0.717) is 18.6 Å². The average molecular weight is 553 g/mol. The first-order valence-corrected chi connectivity index (χ1v) is 11.4. The first-order valence-electron chi connectivity index (χ1n) is 11.4. The summed E-state index contributed by atoms with van der Waals surface area (Å²) in [5.41, 5.74) is 2.42. The highest BCUT2D eigenvalue weighted by atomic mass is 127. The molecule has 0 amide bonds. The molecule has 1 saturated heterocycles. The van der Waals surface area contributed by atoms with Gasteiger partial charge in [0.05, 0.1) is 19.4 Å². The van der Waals surface area contributed by atoms with Gasteiger partial charge in [-0.1, -0.05) is 12.1 Å². The number of guanidine groups is 1. The number of halogens is 1. The van der Waals surface area contributed by atoms with Crippen LogP contribution in [0.5, 0.6) is 11.5 Å². The van der Waals surface area contributed by atoms with Gasteiger partial charge >= 0.3 is 0 Å². The number of hydrogen-bond acceptors (Lipinski definition) is 4. The Kier molecular flexibility index (Phi) is 9.07. The second kappa shape index (κ2) is 11.8. The Bertz CT molecular complexity index is 894.